The van der Waals surface area contributed by atoms with Crippen molar-refractivity contribution in [1.82, 2.24) is 9.97 Å². The van der Waals surface area contributed by atoms with Crippen molar-refractivity contribution in [3.8, 4) is 28.4 Å². The molecular weight excluding hydrogens is 344 g/mol. The van der Waals surface area contributed by atoms with Gasteiger partial charge in [0.25, 0.3) is 6.01 Å². The lowest BCUT2D eigenvalue weighted by Crippen LogP contribution is -1.96. The largest absolute Gasteiger partial charge is 0.443 e. The number of oxazole rings is 2. The number of benzene rings is 2. The molecule has 0 aliphatic heterocycles. The molecule has 0 aliphatic carbocycles. The number of rotatable bonds is 6. The average molecular weight is 358 g/mol. The first kappa shape index (κ1) is 16.4. The predicted molar refractivity (Wildman–Crippen MR) is 99.3 cm³/mol. The van der Waals surface area contributed by atoms with E-state index in [1.807, 2.05) is 42.5 Å². The lowest BCUT2D eigenvalue weighted by atomic mass is 10.1. The van der Waals surface area contributed by atoms with Crippen molar-refractivity contribution in [3.05, 3.63) is 78.7 Å². The molecule has 0 saturated carbocycles. The summed E-state index contributed by atoms with van der Waals surface area (Å²) in [4.78, 5) is 11.4. The molecule has 0 unspecified atom stereocenters. The van der Waals surface area contributed by atoms with Crippen LogP contribution in [-0.4, -0.2) is 16.7 Å². The summed E-state index contributed by atoms with van der Waals surface area (Å²) in [6.45, 7) is 6.84. The van der Waals surface area contributed by atoms with Gasteiger partial charge in [-0.2, -0.15) is 0 Å². The minimum absolute atomic E-state index is 0.0955. The van der Waals surface area contributed by atoms with Crippen LogP contribution in [0.15, 0.2) is 76.2 Å². The second-order valence-corrected chi connectivity index (χ2v) is 5.53. The minimum Gasteiger partial charge on any atom is -0.443 e. The quantitative estimate of drug-likeness (QED) is 0.489. The zero-order chi connectivity index (χ0) is 18.5. The highest BCUT2D eigenvalue weighted by atomic mass is 16.5. The Bertz CT molecular complexity index is 1070. The van der Waals surface area contributed by atoms with Gasteiger partial charge in [0.1, 0.15) is 5.75 Å². The van der Waals surface area contributed by atoms with E-state index in [0.717, 1.165) is 5.56 Å². The number of ether oxygens (including phenoxy) is 1. The summed E-state index contributed by atoms with van der Waals surface area (Å²) >= 11 is 0. The fraction of sp³-hybridized carbons (Fsp3) is 0.0500. The number of hydrogen-bond donors (Lipinski definition) is 1. The van der Waals surface area contributed by atoms with E-state index in [2.05, 4.69) is 20.1 Å². The molecule has 7 nitrogen and oxygen atoms in total. The second kappa shape index (κ2) is 7.45. The van der Waals surface area contributed by atoms with Crippen LogP contribution in [0.2, 0.25) is 0 Å². The van der Waals surface area contributed by atoms with E-state index in [4.69, 9.17) is 20.1 Å². The van der Waals surface area contributed by atoms with Crippen molar-refractivity contribution in [3.63, 3.8) is 0 Å². The zero-order valence-corrected chi connectivity index (χ0v) is 14.1. The lowest BCUT2D eigenvalue weighted by Gasteiger charge is -2.09. The van der Waals surface area contributed by atoms with E-state index in [-0.39, 0.29) is 6.73 Å². The first-order valence-electron chi connectivity index (χ1n) is 8.10. The van der Waals surface area contributed by atoms with Crippen LogP contribution in [0.1, 0.15) is 0 Å². The van der Waals surface area contributed by atoms with Crippen LogP contribution in [0.3, 0.4) is 0 Å². The van der Waals surface area contributed by atoms with Crippen molar-refractivity contribution in [1.29, 1.82) is 0 Å². The Labute approximate surface area is 155 Å². The fourth-order valence-corrected chi connectivity index (χ4v) is 2.56. The molecule has 132 valence electrons. The Morgan fingerprint density at radius 3 is 2.74 bits per heavy atom. The molecule has 0 atom stereocenters. The van der Waals surface area contributed by atoms with Crippen molar-refractivity contribution >= 4 is 11.7 Å². The highest BCUT2D eigenvalue weighted by Crippen LogP contribution is 2.34. The van der Waals surface area contributed by atoms with E-state index in [1.165, 1.54) is 6.39 Å². The maximum absolute atomic E-state index is 6.94. The molecule has 4 aromatic rings. The highest BCUT2D eigenvalue weighted by molar-refractivity contribution is 5.71. The summed E-state index contributed by atoms with van der Waals surface area (Å²) in [5.74, 6) is 1.73. The molecule has 0 spiro atoms. The van der Waals surface area contributed by atoms with Crippen LogP contribution in [0.4, 0.5) is 11.7 Å². The molecule has 2 aromatic carbocycles. The van der Waals surface area contributed by atoms with Gasteiger partial charge in [0.05, 0.1) is 18.0 Å². The fourth-order valence-electron chi connectivity index (χ4n) is 2.56. The van der Waals surface area contributed by atoms with Gasteiger partial charge in [0, 0.05) is 17.3 Å². The minimum atomic E-state index is -0.0955. The predicted octanol–water partition coefficient (Wildman–Crippen LogP) is 5.00. The van der Waals surface area contributed by atoms with Crippen LogP contribution < -0.4 is 10.1 Å². The van der Waals surface area contributed by atoms with Crippen molar-refractivity contribution in [2.45, 2.75) is 0 Å². The second-order valence-electron chi connectivity index (χ2n) is 5.53. The Morgan fingerprint density at radius 1 is 1.07 bits per heavy atom. The summed E-state index contributed by atoms with van der Waals surface area (Å²) in [5, 5.41) is 3.10. The zero-order valence-electron chi connectivity index (χ0n) is 14.1. The summed E-state index contributed by atoms with van der Waals surface area (Å²) < 4.78 is 16.6. The van der Waals surface area contributed by atoms with Gasteiger partial charge < -0.3 is 18.9 Å². The lowest BCUT2D eigenvalue weighted by molar-refractivity contribution is 0.361. The molecule has 0 fully saturated rings. The van der Waals surface area contributed by atoms with Crippen LogP contribution in [0.5, 0.6) is 5.75 Å². The van der Waals surface area contributed by atoms with E-state index in [9.17, 15) is 0 Å². The molecule has 0 amide bonds. The first-order valence-corrected chi connectivity index (χ1v) is 8.10. The van der Waals surface area contributed by atoms with Crippen molar-refractivity contribution < 1.29 is 13.6 Å². The highest BCUT2D eigenvalue weighted by Gasteiger charge is 2.13. The molecule has 4 rings (SSSR count). The molecule has 2 aromatic heterocycles. The first-order chi connectivity index (χ1) is 13.3. The third-order valence-electron chi connectivity index (χ3n) is 3.78. The van der Waals surface area contributed by atoms with Gasteiger partial charge >= 0.3 is 6.73 Å². The van der Waals surface area contributed by atoms with E-state index < -0.39 is 0 Å². The molecule has 2 heterocycles. The Kier molecular flexibility index (Phi) is 4.53. The van der Waals surface area contributed by atoms with Gasteiger partial charge in [-0.3, -0.25) is 4.85 Å². The topological polar surface area (TPSA) is 77.7 Å². The van der Waals surface area contributed by atoms with E-state index >= 15 is 0 Å². The van der Waals surface area contributed by atoms with Gasteiger partial charge in [-0.15, -0.1) is 0 Å². The third-order valence-corrected chi connectivity index (χ3v) is 3.78. The molecule has 27 heavy (non-hydrogen) atoms. The van der Waals surface area contributed by atoms with Gasteiger partial charge in [0.2, 0.25) is 0 Å². The van der Waals surface area contributed by atoms with Crippen LogP contribution in [-0.2, 0) is 0 Å². The summed E-state index contributed by atoms with van der Waals surface area (Å²) in [7, 11) is 0. The van der Waals surface area contributed by atoms with Gasteiger partial charge in [-0.25, -0.2) is 16.5 Å². The molecule has 0 bridgehead atoms. The molecule has 0 radical (unpaired) electrons. The van der Waals surface area contributed by atoms with Crippen molar-refractivity contribution in [2.24, 2.45) is 0 Å². The molecule has 7 heteroatoms. The van der Waals surface area contributed by atoms with Gasteiger partial charge in [0.15, 0.2) is 17.9 Å². The Morgan fingerprint density at radius 2 is 1.96 bits per heavy atom. The number of nitrogens with one attached hydrogen (secondary N) is 1. The average Bonchev–Trinajstić information content (AvgIpc) is 3.39. The van der Waals surface area contributed by atoms with Crippen LogP contribution in [0, 0.1) is 6.57 Å². The standard InChI is InChI=1S/C20H14N4O3/c1-21-12-25-17-9-15(7-8-16(17)19-10-22-13-26-19)24-20-23-11-18(27-20)14-5-3-2-4-6-14/h2-11,13H,12H2,(H,23,24). The van der Waals surface area contributed by atoms with E-state index in [1.54, 1.807) is 18.5 Å². The summed E-state index contributed by atoms with van der Waals surface area (Å²) in [6, 6.07) is 15.5. The van der Waals surface area contributed by atoms with Crippen LogP contribution in [0.25, 0.3) is 27.5 Å². The number of anilines is 2. The Balaban J connectivity index is 1.59. The summed E-state index contributed by atoms with van der Waals surface area (Å²) in [6.07, 6.45) is 4.60. The Hall–Kier alpha value is -4.05. The smallest absolute Gasteiger partial charge is 0.357 e. The van der Waals surface area contributed by atoms with Gasteiger partial charge in [-0.1, -0.05) is 30.3 Å². The maximum Gasteiger partial charge on any atom is 0.357 e. The maximum atomic E-state index is 6.94. The van der Waals surface area contributed by atoms with Gasteiger partial charge in [-0.05, 0) is 12.1 Å². The molecule has 0 saturated heterocycles. The summed E-state index contributed by atoms with van der Waals surface area (Å²) in [5.41, 5.74) is 2.36. The van der Waals surface area contributed by atoms with Crippen LogP contribution >= 0.6 is 0 Å². The SMILES string of the molecule is [C-]#[N+]COc1cc(Nc2ncc(-c3ccccc3)o2)ccc1-c1cnco1. The normalized spacial score (nSPS) is 10.3. The molecule has 0 aliphatic rings. The number of aromatic nitrogens is 2. The third kappa shape index (κ3) is 3.65. The van der Waals surface area contributed by atoms with E-state index in [0.29, 0.717) is 34.5 Å². The monoisotopic (exact) mass is 358 g/mol. The number of nitrogens with zero attached hydrogens (tertiary/aromatic N) is 3. The van der Waals surface area contributed by atoms with Crippen molar-refractivity contribution in [2.75, 3.05) is 12.0 Å². The molecule has 1 N–H and O–H groups in total. The number of hydrogen-bond acceptors (Lipinski definition) is 6. The molecular formula is C20H14N4O3.